The van der Waals surface area contributed by atoms with E-state index in [2.05, 4.69) is 267 Å². The van der Waals surface area contributed by atoms with E-state index in [-0.39, 0.29) is 106 Å². The van der Waals surface area contributed by atoms with Crippen molar-refractivity contribution in [3.8, 4) is 97.7 Å². The Morgan fingerprint density at radius 2 is 0.376 bits per heavy atom. The lowest BCUT2D eigenvalue weighted by Gasteiger charge is -2.12. The maximum atomic E-state index is 11.9. The molecule has 11 aromatic heterocycles. The maximum Gasteiger partial charge on any atom is 0.249 e. The van der Waals surface area contributed by atoms with Crippen LogP contribution in [0.4, 0.5) is 95.2 Å². The fourth-order valence-corrected chi connectivity index (χ4v) is 12.9. The van der Waals surface area contributed by atoms with Gasteiger partial charge in [-0.3, -0.25) is 24.9 Å². The van der Waals surface area contributed by atoms with E-state index in [1.54, 1.807) is 0 Å². The van der Waals surface area contributed by atoms with E-state index in [1.165, 1.54) is 44.0 Å². The number of aromatic nitrogens is 33. The molecule has 0 aliphatic carbocycles. The summed E-state index contributed by atoms with van der Waals surface area (Å²) in [7, 11) is 0. The van der Waals surface area contributed by atoms with E-state index in [1.807, 2.05) is 0 Å². The first kappa shape index (κ1) is 93.9. The molecule has 0 spiro atoms. The second kappa shape index (κ2) is 40.9. The SMILES string of the molecule is Oc1c2cc(C=Nc3nnc[nH]3)c(O)c1C=Nc1nnc([nH]1)N=Cc1c(O)c(C=Nc3nnc[nH]3)c(O)c(c1O)C=Nc1nnc([nH]1)N=Cc1c(O)c(C=Nc3nnc[nH]3)c(O)c(c1O)C=Nc1nnc([nH]1)N=Cc1c(O)c(C=Nc3nnc[nH]3)c(O)c(c1O)C=Nc1nnc([nH]1)N=Cc1c(O)c(C=Nc3nnc[nH]3)c(O)c(c1O)C=Nc1nnc([nH]1)N=Cc1c(O)c(c(O)c(C=Nc3nnc[nH]3)c1O)C=NC1=NN=C(C1)N=C2. The monoisotopic (exact) mass is 2020 g/mol. The molecule has 70 nitrogen and oxygen atoms in total. The summed E-state index contributed by atoms with van der Waals surface area (Å²) in [4.78, 5) is 104. The van der Waals surface area contributed by atoms with E-state index in [4.69, 9.17) is 0 Å². The van der Waals surface area contributed by atoms with Crippen molar-refractivity contribution in [2.75, 3.05) is 0 Å². The van der Waals surface area contributed by atoms with Gasteiger partial charge in [-0.1, -0.05) is 0 Å². The minimum absolute atomic E-state index is 0.000609. The fourth-order valence-electron chi connectivity index (χ4n) is 12.9. The van der Waals surface area contributed by atoms with Crippen LogP contribution in [0, 0.1) is 0 Å². The average molecular weight is 2020 g/mol. The van der Waals surface area contributed by atoms with E-state index in [9.17, 15) is 86.8 Å². The topological polar surface area (TPSA) is 1050 Å². The number of hydrogen-bond acceptors (Lipinski definition) is 59. The van der Waals surface area contributed by atoms with Crippen molar-refractivity contribution < 1.29 is 86.8 Å². The van der Waals surface area contributed by atoms with Crippen LogP contribution in [0.25, 0.3) is 0 Å². The van der Waals surface area contributed by atoms with Crippen molar-refractivity contribution in [3.05, 3.63) is 144 Å². The molecule has 6 aromatic carbocycles. The summed E-state index contributed by atoms with van der Waals surface area (Å²) >= 11 is 0. The van der Waals surface area contributed by atoms with Crippen LogP contribution in [0.1, 0.15) is 107 Å². The van der Waals surface area contributed by atoms with Gasteiger partial charge in [-0.05, 0) is 6.07 Å². The zero-order valence-corrected chi connectivity index (χ0v) is 73.5. The molecule has 2 aliphatic rings. The Balaban J connectivity index is 0.680. The number of nitrogens with one attached hydrogen (secondary N) is 11. The lowest BCUT2D eigenvalue weighted by Crippen LogP contribution is -2.02. The smallest absolute Gasteiger partial charge is 0.249 e. The zero-order chi connectivity index (χ0) is 103. The van der Waals surface area contributed by atoms with Gasteiger partial charge in [0.15, 0.2) is 11.7 Å². The predicted octanol–water partition coefficient (Wildman–Crippen LogP) is 3.96. The maximum absolute atomic E-state index is 11.9. The number of benzene rings is 6. The molecular weight excluding hydrogens is 1960 g/mol. The molecule has 17 aromatic rings. The number of aromatic hydroxyl groups is 17. The quantitative estimate of drug-likeness (QED) is 0.0770. The fraction of sp³-hybridized carbons (Fsp3) is 0.0127. The number of phenols is 17. The Morgan fingerprint density at radius 3 is 0.570 bits per heavy atom. The highest BCUT2D eigenvalue weighted by molar-refractivity contribution is 6.15. The van der Waals surface area contributed by atoms with Crippen LogP contribution in [0.2, 0.25) is 0 Å². The number of hydrogen-bond donors (Lipinski definition) is 28. The van der Waals surface area contributed by atoms with Crippen molar-refractivity contribution >= 4 is 219 Å². The molecule has 70 heteroatoms. The van der Waals surface area contributed by atoms with Gasteiger partial charge in [0.2, 0.25) is 95.2 Å². The number of H-pyrrole nitrogens is 11. The molecule has 13 heterocycles. The van der Waals surface area contributed by atoms with Crippen LogP contribution in [-0.2, 0) is 0 Å². The molecule has 0 saturated carbocycles. The average Bonchev–Trinajstić information content (AvgIpc) is 1.74. The number of aromatic amines is 11. The first-order valence-electron chi connectivity index (χ1n) is 41.2. The Morgan fingerprint density at radius 1 is 0.195 bits per heavy atom. The molecule has 738 valence electrons. The standard InChI is InChI=1S/C79H55N53O17/c133-47-27-1-28(4-82-64-98-21-104-117-64)48(134)29(47)6-88-70-110-71(124-123-70)90-13-37-52(138)32(8-84-66-100-23-106-119-66)53(139)38(60(37)146)15-92-74-112-75(128-127-74)94-17-41-56(142)34(10-86-68-102-25-108-121-68)57(143)42(62(41)148)19-96-78-114-79(132-131-78)97-20-44-59(145)35(11-87-69-103-26-109-122-69)58(144)43(63(44)149)18-95-77-113-76(129-130-77)93-16-40-55(141)33(9-85-67-101-24-107-120-67)54(140)39(61(40)147)14-91-73-111-72(125-126-73)89-12-36-50(136)30(5-81-46-2-45(80-3-27)115-116-46)49(135)31(51(36)137)7-83-65-99-22-105-118-65/h1,3-26,133-149H,2H2,(H,98,104,117)(H,99,105,118)(H,100,106,119)(H,101,107,120)(H,102,108,121)(H,103,109,122)(H,110,123,124)(H,111,125,126)(H,112,127,128)(H,113,129,130)(H,114,131,132). The largest absolute Gasteiger partial charge is 0.506 e. The van der Waals surface area contributed by atoms with Crippen LogP contribution in [0.5, 0.6) is 97.7 Å². The van der Waals surface area contributed by atoms with Gasteiger partial charge >= 0.3 is 0 Å². The van der Waals surface area contributed by atoms with E-state index >= 15 is 0 Å². The summed E-state index contributed by atoms with van der Waals surface area (Å²) in [5, 5.41) is 292. The van der Waals surface area contributed by atoms with Crippen LogP contribution >= 0.6 is 0 Å². The minimum atomic E-state index is -0.893. The molecule has 28 N–H and O–H groups in total. The summed E-state index contributed by atoms with van der Waals surface area (Å²) in [5.74, 6) is -18.4. The molecule has 0 unspecified atom stereocenters. The third-order valence-corrected chi connectivity index (χ3v) is 20.1. The summed E-state index contributed by atoms with van der Waals surface area (Å²) in [6.45, 7) is 0. The summed E-state index contributed by atoms with van der Waals surface area (Å²) in [5.41, 5.74) is -7.96. The van der Waals surface area contributed by atoms with Crippen molar-refractivity contribution in [3.63, 3.8) is 0 Å². The highest BCUT2D eigenvalue weighted by Crippen LogP contribution is 2.47. The van der Waals surface area contributed by atoms with Gasteiger partial charge in [0, 0.05) is 123 Å². The number of aliphatic imine (C=N–C) groups is 18. The third-order valence-electron chi connectivity index (χ3n) is 20.1. The Labute approximate surface area is 817 Å². The Hall–Kier alpha value is -24.1. The van der Waals surface area contributed by atoms with Crippen molar-refractivity contribution in [1.29, 1.82) is 0 Å². The lowest BCUT2D eigenvalue weighted by atomic mass is 10.0. The van der Waals surface area contributed by atoms with E-state index < -0.39 is 205 Å². The van der Waals surface area contributed by atoms with E-state index in [0.717, 1.165) is 112 Å². The number of fused-ring (bicyclic) bond motifs is 24. The van der Waals surface area contributed by atoms with Crippen LogP contribution < -0.4 is 0 Å². The van der Waals surface area contributed by atoms with Gasteiger partial charge in [0.05, 0.1) is 95.4 Å². The molecule has 149 heavy (non-hydrogen) atoms. The summed E-state index contributed by atoms with van der Waals surface area (Å²) < 4.78 is 0. The number of rotatable bonds is 12. The molecule has 0 atom stereocenters. The lowest BCUT2D eigenvalue weighted by molar-refractivity contribution is 0.423. The molecule has 0 saturated heterocycles. The van der Waals surface area contributed by atoms with Crippen molar-refractivity contribution in [2.24, 2.45) is 100 Å². The predicted molar refractivity (Wildman–Crippen MR) is 518 cm³/mol. The summed E-state index contributed by atoms with van der Waals surface area (Å²) in [6.07, 6.45) is 23.7. The van der Waals surface area contributed by atoms with Gasteiger partial charge in [-0.15, -0.1) is 122 Å². The number of amidine groups is 2. The van der Waals surface area contributed by atoms with Gasteiger partial charge in [-0.25, -0.2) is 89.9 Å². The Bertz CT molecular complexity index is 8510. The van der Waals surface area contributed by atoms with Gasteiger partial charge in [-0.2, -0.15) is 0 Å². The first-order chi connectivity index (χ1) is 72.4. The summed E-state index contributed by atoms with van der Waals surface area (Å²) in [6, 6.07) is 1.27. The van der Waals surface area contributed by atoms with Gasteiger partial charge in [0.25, 0.3) is 0 Å². The minimum Gasteiger partial charge on any atom is -0.506 e. The molecule has 24 bridgehead atoms. The highest BCUT2D eigenvalue weighted by Gasteiger charge is 2.30. The molecule has 0 fully saturated rings. The van der Waals surface area contributed by atoms with Crippen molar-refractivity contribution in [2.45, 2.75) is 6.42 Å². The van der Waals surface area contributed by atoms with E-state index in [0.29, 0.717) is 0 Å². The Kier molecular flexibility index (Phi) is 25.7. The van der Waals surface area contributed by atoms with Crippen LogP contribution in [0.15, 0.2) is 144 Å². The van der Waals surface area contributed by atoms with Gasteiger partial charge in [0.1, 0.15) is 136 Å². The molecule has 0 amide bonds. The zero-order valence-electron chi connectivity index (χ0n) is 73.5. The number of phenolic OH excluding ortho intramolecular Hbond substituents is 17. The molecule has 2 aliphatic heterocycles. The van der Waals surface area contributed by atoms with Crippen molar-refractivity contribution in [1.82, 2.24) is 167 Å². The third kappa shape index (κ3) is 20.2. The number of nitrogens with zero attached hydrogens (tertiary/aromatic N) is 42. The van der Waals surface area contributed by atoms with Gasteiger partial charge < -0.3 is 117 Å². The van der Waals surface area contributed by atoms with Crippen LogP contribution in [0.3, 0.4) is 0 Å². The molecule has 19 rings (SSSR count). The second-order valence-electron chi connectivity index (χ2n) is 29.2. The van der Waals surface area contributed by atoms with Crippen LogP contribution in [-0.4, -0.2) is 377 Å². The molecular formula is C79H55N53O17. The highest BCUT2D eigenvalue weighted by atomic mass is 16.3. The molecule has 0 radical (unpaired) electrons. The first-order valence-corrected chi connectivity index (χ1v) is 41.2. The second-order valence-corrected chi connectivity index (χ2v) is 29.2. The normalized spacial score (nSPS) is 13.3.